The van der Waals surface area contributed by atoms with Crippen LogP contribution in [0.3, 0.4) is 0 Å². The van der Waals surface area contributed by atoms with E-state index in [1.807, 2.05) is 11.8 Å². The number of thioether (sulfide) groups is 1. The minimum Gasteiger partial charge on any atom is -0.338 e. The maximum Gasteiger partial charge on any atom is 0.227 e. The fourth-order valence-electron chi connectivity index (χ4n) is 2.15. The highest BCUT2D eigenvalue weighted by Gasteiger charge is 2.30. The molecule has 80 valence electrons. The summed E-state index contributed by atoms with van der Waals surface area (Å²) >= 11 is 1.96. The van der Waals surface area contributed by atoms with Gasteiger partial charge in [-0.3, -0.25) is 4.79 Å². The van der Waals surface area contributed by atoms with E-state index in [9.17, 15) is 4.79 Å². The molecule has 0 aromatic rings. The lowest BCUT2D eigenvalue weighted by Gasteiger charge is -2.34. The molecule has 2 rings (SSSR count). The summed E-state index contributed by atoms with van der Waals surface area (Å²) in [6, 6.07) is 0.432. The standard InChI is InChI=1S/C10H18N2OS/c1-8-7-14-5-4-12(8)10(13)9-2-3-11-6-9/h8-9,11H,2-7H2,1H3/t8?,9-/m1/s1. The molecule has 1 amide bonds. The second-order valence-corrected chi connectivity index (χ2v) is 5.30. The molecule has 2 atom stereocenters. The van der Waals surface area contributed by atoms with Gasteiger partial charge in [0.1, 0.15) is 0 Å². The van der Waals surface area contributed by atoms with Crippen LogP contribution in [0.15, 0.2) is 0 Å². The van der Waals surface area contributed by atoms with Crippen molar-refractivity contribution in [2.75, 3.05) is 31.1 Å². The molecule has 1 N–H and O–H groups in total. The second-order valence-electron chi connectivity index (χ2n) is 4.15. The smallest absolute Gasteiger partial charge is 0.227 e. The first-order valence-electron chi connectivity index (χ1n) is 5.38. The van der Waals surface area contributed by atoms with Crippen molar-refractivity contribution in [3.05, 3.63) is 0 Å². The van der Waals surface area contributed by atoms with Crippen LogP contribution in [0.4, 0.5) is 0 Å². The molecular weight excluding hydrogens is 196 g/mol. The molecule has 2 fully saturated rings. The number of amides is 1. The first-order valence-corrected chi connectivity index (χ1v) is 6.53. The minimum atomic E-state index is 0.251. The molecule has 0 radical (unpaired) electrons. The van der Waals surface area contributed by atoms with E-state index in [-0.39, 0.29) is 5.92 Å². The van der Waals surface area contributed by atoms with Crippen LogP contribution in [0.1, 0.15) is 13.3 Å². The Kier molecular flexibility index (Phi) is 3.34. The van der Waals surface area contributed by atoms with E-state index in [4.69, 9.17) is 0 Å². The van der Waals surface area contributed by atoms with E-state index >= 15 is 0 Å². The zero-order valence-electron chi connectivity index (χ0n) is 8.66. The topological polar surface area (TPSA) is 32.3 Å². The maximum absolute atomic E-state index is 12.1. The van der Waals surface area contributed by atoms with E-state index in [0.29, 0.717) is 11.9 Å². The van der Waals surface area contributed by atoms with Crippen LogP contribution in [0.2, 0.25) is 0 Å². The first kappa shape index (κ1) is 10.3. The number of hydrogen-bond acceptors (Lipinski definition) is 3. The normalized spacial score (nSPS) is 33.4. The molecule has 0 bridgehead atoms. The van der Waals surface area contributed by atoms with Gasteiger partial charge in [-0.2, -0.15) is 11.8 Å². The number of nitrogens with one attached hydrogen (secondary N) is 1. The first-order chi connectivity index (χ1) is 6.79. The summed E-state index contributed by atoms with van der Waals surface area (Å²) < 4.78 is 0. The van der Waals surface area contributed by atoms with E-state index < -0.39 is 0 Å². The van der Waals surface area contributed by atoms with Crippen molar-refractivity contribution in [1.29, 1.82) is 0 Å². The Balaban J connectivity index is 1.94. The summed E-state index contributed by atoms with van der Waals surface area (Å²) in [5, 5.41) is 3.25. The van der Waals surface area contributed by atoms with E-state index in [1.54, 1.807) is 0 Å². The molecule has 3 nitrogen and oxygen atoms in total. The maximum atomic E-state index is 12.1. The van der Waals surface area contributed by atoms with E-state index in [2.05, 4.69) is 17.1 Å². The molecule has 0 aliphatic carbocycles. The predicted molar refractivity (Wildman–Crippen MR) is 59.5 cm³/mol. The molecular formula is C10H18N2OS. The van der Waals surface area contributed by atoms with Crippen LogP contribution in [0.25, 0.3) is 0 Å². The van der Waals surface area contributed by atoms with Gasteiger partial charge in [-0.15, -0.1) is 0 Å². The fraction of sp³-hybridized carbons (Fsp3) is 0.900. The van der Waals surface area contributed by atoms with Crippen molar-refractivity contribution in [1.82, 2.24) is 10.2 Å². The Labute approximate surface area is 89.6 Å². The van der Waals surface area contributed by atoms with Crippen molar-refractivity contribution >= 4 is 17.7 Å². The van der Waals surface area contributed by atoms with Gasteiger partial charge in [-0.25, -0.2) is 0 Å². The molecule has 2 aliphatic rings. The van der Waals surface area contributed by atoms with Gasteiger partial charge in [-0.05, 0) is 19.9 Å². The molecule has 4 heteroatoms. The third-order valence-corrected chi connectivity index (χ3v) is 4.25. The molecule has 2 aliphatic heterocycles. The van der Waals surface area contributed by atoms with Crippen LogP contribution in [0, 0.1) is 5.92 Å². The van der Waals surface area contributed by atoms with Crippen LogP contribution in [-0.4, -0.2) is 48.0 Å². The van der Waals surface area contributed by atoms with Gasteiger partial charge >= 0.3 is 0 Å². The Bertz CT molecular complexity index is 216. The largest absolute Gasteiger partial charge is 0.338 e. The lowest BCUT2D eigenvalue weighted by molar-refractivity contribution is -0.136. The monoisotopic (exact) mass is 214 g/mol. The molecule has 0 aromatic heterocycles. The Morgan fingerprint density at radius 1 is 1.57 bits per heavy atom. The van der Waals surface area contributed by atoms with Crippen LogP contribution in [-0.2, 0) is 4.79 Å². The summed E-state index contributed by atoms with van der Waals surface area (Å²) in [6.07, 6.45) is 1.02. The van der Waals surface area contributed by atoms with E-state index in [0.717, 1.165) is 37.6 Å². The summed E-state index contributed by atoms with van der Waals surface area (Å²) in [4.78, 5) is 14.2. The molecule has 1 unspecified atom stereocenters. The highest BCUT2D eigenvalue weighted by Crippen LogP contribution is 2.20. The van der Waals surface area contributed by atoms with Crippen molar-refractivity contribution in [3.63, 3.8) is 0 Å². The van der Waals surface area contributed by atoms with Gasteiger partial charge in [0, 0.05) is 30.6 Å². The summed E-state index contributed by atoms with van der Waals surface area (Å²) in [5.74, 6) is 2.84. The van der Waals surface area contributed by atoms with Gasteiger partial charge < -0.3 is 10.2 Å². The van der Waals surface area contributed by atoms with Crippen molar-refractivity contribution < 1.29 is 4.79 Å². The van der Waals surface area contributed by atoms with Gasteiger partial charge in [0.15, 0.2) is 0 Å². The lowest BCUT2D eigenvalue weighted by atomic mass is 10.1. The molecule has 0 aromatic carbocycles. The SMILES string of the molecule is CC1CSCCN1C(=O)[C@@H]1CCNC1. The summed E-state index contributed by atoms with van der Waals surface area (Å²) in [6.45, 7) is 5.00. The Morgan fingerprint density at radius 2 is 2.43 bits per heavy atom. The average molecular weight is 214 g/mol. The number of rotatable bonds is 1. The Morgan fingerprint density at radius 3 is 3.07 bits per heavy atom. The van der Waals surface area contributed by atoms with E-state index in [1.165, 1.54) is 0 Å². The third-order valence-electron chi connectivity index (χ3n) is 3.06. The van der Waals surface area contributed by atoms with Gasteiger partial charge in [0.05, 0.1) is 5.92 Å². The average Bonchev–Trinajstić information content (AvgIpc) is 2.70. The lowest BCUT2D eigenvalue weighted by Crippen LogP contribution is -2.47. The molecule has 2 heterocycles. The number of carbonyl (C=O) groups is 1. The van der Waals surface area contributed by atoms with Gasteiger partial charge in [0.25, 0.3) is 0 Å². The third kappa shape index (κ3) is 2.06. The Hall–Kier alpha value is -0.220. The summed E-state index contributed by atoms with van der Waals surface area (Å²) in [7, 11) is 0. The van der Waals surface area contributed by atoms with Gasteiger partial charge in [-0.1, -0.05) is 0 Å². The quantitative estimate of drug-likeness (QED) is 0.692. The van der Waals surface area contributed by atoms with Crippen LogP contribution < -0.4 is 5.32 Å². The highest BCUT2D eigenvalue weighted by atomic mass is 32.2. The zero-order valence-corrected chi connectivity index (χ0v) is 9.48. The fourth-order valence-corrected chi connectivity index (χ4v) is 3.17. The van der Waals surface area contributed by atoms with Crippen molar-refractivity contribution in [2.24, 2.45) is 5.92 Å². The predicted octanol–water partition coefficient (Wildman–Crippen LogP) is 0.560. The zero-order chi connectivity index (χ0) is 9.97. The van der Waals surface area contributed by atoms with Crippen molar-refractivity contribution in [2.45, 2.75) is 19.4 Å². The number of nitrogens with zero attached hydrogens (tertiary/aromatic N) is 1. The molecule has 14 heavy (non-hydrogen) atoms. The highest BCUT2D eigenvalue weighted by molar-refractivity contribution is 7.99. The minimum absolute atomic E-state index is 0.251. The van der Waals surface area contributed by atoms with Gasteiger partial charge in [0.2, 0.25) is 5.91 Å². The summed E-state index contributed by atoms with van der Waals surface area (Å²) in [5.41, 5.74) is 0. The van der Waals surface area contributed by atoms with Crippen LogP contribution >= 0.6 is 11.8 Å². The second kappa shape index (κ2) is 4.53. The van der Waals surface area contributed by atoms with Crippen molar-refractivity contribution in [3.8, 4) is 0 Å². The molecule has 0 spiro atoms. The number of carbonyl (C=O) groups excluding carboxylic acids is 1. The number of hydrogen-bond donors (Lipinski definition) is 1. The van der Waals surface area contributed by atoms with Crippen LogP contribution in [0.5, 0.6) is 0 Å². The molecule has 0 saturated carbocycles. The molecule has 2 saturated heterocycles.